The van der Waals surface area contributed by atoms with Crippen LogP contribution < -0.4 is 5.32 Å². The Morgan fingerprint density at radius 1 is 1.08 bits per heavy atom. The van der Waals surface area contributed by atoms with E-state index in [0.717, 1.165) is 30.5 Å². The molecule has 4 rings (SSSR count). The Hall–Kier alpha value is -2.83. The lowest BCUT2D eigenvalue weighted by Crippen LogP contribution is -2.12. The molecule has 2 aromatic carbocycles. The third kappa shape index (κ3) is 2.97. The van der Waals surface area contributed by atoms with Crippen LogP contribution >= 0.6 is 0 Å². The number of anilines is 1. The van der Waals surface area contributed by atoms with Crippen molar-refractivity contribution in [3.63, 3.8) is 0 Å². The number of hydrogen-bond donors (Lipinski definition) is 1. The van der Waals surface area contributed by atoms with Crippen molar-refractivity contribution in [1.29, 1.82) is 0 Å². The van der Waals surface area contributed by atoms with E-state index in [9.17, 15) is 13.6 Å². The summed E-state index contributed by atoms with van der Waals surface area (Å²) >= 11 is 0. The molecule has 1 aliphatic rings. The highest BCUT2D eigenvalue weighted by Crippen LogP contribution is 2.31. The molecule has 25 heavy (non-hydrogen) atoms. The second kappa shape index (κ2) is 6.23. The highest BCUT2D eigenvalue weighted by atomic mass is 19.2. The van der Waals surface area contributed by atoms with E-state index < -0.39 is 17.5 Å². The van der Waals surface area contributed by atoms with Gasteiger partial charge in [-0.2, -0.15) is 0 Å². The molecule has 0 radical (unpaired) electrons. The van der Waals surface area contributed by atoms with Gasteiger partial charge >= 0.3 is 0 Å². The van der Waals surface area contributed by atoms with Crippen molar-refractivity contribution in [2.75, 3.05) is 5.32 Å². The molecule has 0 unspecified atom stereocenters. The van der Waals surface area contributed by atoms with Crippen LogP contribution in [0.3, 0.4) is 0 Å². The number of nitrogens with zero attached hydrogens (tertiary/aromatic N) is 3. The fourth-order valence-electron chi connectivity index (χ4n) is 3.28. The molecule has 0 saturated heterocycles. The average molecular weight is 342 g/mol. The molecule has 1 aromatic heterocycles. The van der Waals surface area contributed by atoms with E-state index in [4.69, 9.17) is 0 Å². The van der Waals surface area contributed by atoms with Crippen molar-refractivity contribution >= 4 is 22.6 Å². The van der Waals surface area contributed by atoms with Gasteiger partial charge in [0.2, 0.25) is 0 Å². The van der Waals surface area contributed by atoms with Crippen LogP contribution in [-0.4, -0.2) is 20.9 Å². The van der Waals surface area contributed by atoms with Gasteiger partial charge in [-0.25, -0.2) is 13.5 Å². The Balaban J connectivity index is 1.58. The van der Waals surface area contributed by atoms with Gasteiger partial charge in [0, 0.05) is 17.3 Å². The third-order valence-electron chi connectivity index (χ3n) is 4.58. The number of benzene rings is 2. The highest BCUT2D eigenvalue weighted by Gasteiger charge is 2.20. The minimum atomic E-state index is -1.01. The molecule has 7 heteroatoms. The first-order chi connectivity index (χ1) is 12.1. The van der Waals surface area contributed by atoms with Gasteiger partial charge in [-0.1, -0.05) is 18.1 Å². The van der Waals surface area contributed by atoms with Gasteiger partial charge in [0.25, 0.3) is 5.91 Å². The Morgan fingerprint density at radius 3 is 2.64 bits per heavy atom. The van der Waals surface area contributed by atoms with E-state index in [2.05, 4.69) is 15.6 Å². The van der Waals surface area contributed by atoms with Crippen LogP contribution in [0, 0.1) is 11.6 Å². The van der Waals surface area contributed by atoms with Gasteiger partial charge in [-0.05, 0) is 43.2 Å². The largest absolute Gasteiger partial charge is 0.322 e. The zero-order valence-electron chi connectivity index (χ0n) is 13.4. The number of carbonyl (C=O) groups excluding carboxylic acids is 1. The first-order valence-electron chi connectivity index (χ1n) is 8.23. The first-order valence-corrected chi connectivity index (χ1v) is 8.23. The minimum absolute atomic E-state index is 0.193. The van der Waals surface area contributed by atoms with Crippen LogP contribution in [0.25, 0.3) is 11.0 Å². The van der Waals surface area contributed by atoms with E-state index in [-0.39, 0.29) is 5.69 Å². The van der Waals surface area contributed by atoms with Crippen molar-refractivity contribution in [2.45, 2.75) is 31.7 Å². The monoisotopic (exact) mass is 342 g/mol. The summed E-state index contributed by atoms with van der Waals surface area (Å²) < 4.78 is 28.1. The molecule has 1 N–H and O–H groups in total. The average Bonchev–Trinajstić information content (AvgIpc) is 3.26. The minimum Gasteiger partial charge on any atom is -0.322 e. The number of halogens is 2. The molecule has 0 aliphatic heterocycles. The Labute approximate surface area is 142 Å². The van der Waals surface area contributed by atoms with Gasteiger partial charge in [-0.3, -0.25) is 4.79 Å². The number of hydrogen-bond acceptors (Lipinski definition) is 3. The van der Waals surface area contributed by atoms with Crippen molar-refractivity contribution < 1.29 is 13.6 Å². The number of nitrogens with one attached hydrogen (secondary N) is 1. The van der Waals surface area contributed by atoms with Crippen LogP contribution in [0.1, 0.15) is 42.1 Å². The summed E-state index contributed by atoms with van der Waals surface area (Å²) in [6.45, 7) is 0. The summed E-state index contributed by atoms with van der Waals surface area (Å²) in [6.07, 6.45) is 4.58. The summed E-state index contributed by atoms with van der Waals surface area (Å²) in [7, 11) is 0. The number of fused-ring (bicyclic) bond motifs is 1. The Kier molecular flexibility index (Phi) is 3.91. The molecule has 1 fully saturated rings. The maximum absolute atomic E-state index is 13.2. The van der Waals surface area contributed by atoms with Gasteiger partial charge in [0.05, 0.1) is 11.6 Å². The van der Waals surface area contributed by atoms with Crippen molar-refractivity contribution in [3.8, 4) is 0 Å². The van der Waals surface area contributed by atoms with Crippen molar-refractivity contribution in [3.05, 3.63) is 53.6 Å². The molecule has 0 bridgehead atoms. The summed E-state index contributed by atoms with van der Waals surface area (Å²) in [5, 5.41) is 10.9. The molecule has 1 amide bonds. The quantitative estimate of drug-likeness (QED) is 0.780. The molecule has 0 atom stereocenters. The van der Waals surface area contributed by atoms with Crippen LogP contribution in [-0.2, 0) is 0 Å². The van der Waals surface area contributed by atoms with E-state index in [1.807, 2.05) is 10.7 Å². The van der Waals surface area contributed by atoms with Crippen LogP contribution in [0.15, 0.2) is 36.4 Å². The summed E-state index contributed by atoms with van der Waals surface area (Å²) in [6, 6.07) is 8.77. The highest BCUT2D eigenvalue weighted by molar-refractivity contribution is 6.05. The summed E-state index contributed by atoms with van der Waals surface area (Å²) in [5.74, 6) is -2.38. The number of aromatic nitrogens is 3. The van der Waals surface area contributed by atoms with Gasteiger partial charge in [-0.15, -0.1) is 5.10 Å². The fourth-order valence-corrected chi connectivity index (χ4v) is 3.28. The Morgan fingerprint density at radius 2 is 1.88 bits per heavy atom. The van der Waals surface area contributed by atoms with Gasteiger partial charge in [0.1, 0.15) is 5.52 Å². The van der Waals surface area contributed by atoms with Gasteiger partial charge < -0.3 is 5.32 Å². The third-order valence-corrected chi connectivity index (χ3v) is 4.58. The molecular weight excluding hydrogens is 326 g/mol. The topological polar surface area (TPSA) is 59.8 Å². The SMILES string of the molecule is O=C(Nc1ccc(F)c(F)c1)c1ccc2c(c1)nnn2C1CCCC1. The number of rotatable bonds is 3. The van der Waals surface area contributed by atoms with Crippen LogP contribution in [0.2, 0.25) is 0 Å². The lowest BCUT2D eigenvalue weighted by atomic mass is 10.1. The fraction of sp³-hybridized carbons (Fsp3) is 0.278. The maximum atomic E-state index is 13.2. The molecule has 128 valence electrons. The molecular formula is C18H16F2N4O. The normalized spacial score (nSPS) is 15.0. The zero-order chi connectivity index (χ0) is 17.4. The Bertz CT molecular complexity index is 947. The molecule has 0 spiro atoms. The molecule has 3 aromatic rings. The summed E-state index contributed by atoms with van der Waals surface area (Å²) in [4.78, 5) is 12.3. The first kappa shape index (κ1) is 15.7. The summed E-state index contributed by atoms with van der Waals surface area (Å²) in [5.41, 5.74) is 2.12. The van der Waals surface area contributed by atoms with Crippen LogP contribution in [0.4, 0.5) is 14.5 Å². The second-order valence-electron chi connectivity index (χ2n) is 6.26. The van der Waals surface area contributed by atoms with E-state index in [0.29, 0.717) is 17.1 Å². The molecule has 1 saturated carbocycles. The maximum Gasteiger partial charge on any atom is 0.255 e. The smallest absolute Gasteiger partial charge is 0.255 e. The predicted octanol–water partition coefficient (Wildman–Crippen LogP) is 4.08. The lowest BCUT2D eigenvalue weighted by molar-refractivity contribution is 0.102. The van der Waals surface area contributed by atoms with Gasteiger partial charge in [0.15, 0.2) is 11.6 Å². The molecule has 1 aliphatic carbocycles. The standard InChI is InChI=1S/C18H16F2N4O/c19-14-7-6-12(10-15(14)20)21-18(25)11-5-8-17-16(9-11)22-23-24(17)13-3-1-2-4-13/h5-10,13H,1-4H2,(H,21,25). The lowest BCUT2D eigenvalue weighted by Gasteiger charge is -2.10. The number of carbonyl (C=O) groups is 1. The van der Waals surface area contributed by atoms with Crippen LogP contribution in [0.5, 0.6) is 0 Å². The predicted molar refractivity (Wildman–Crippen MR) is 89.3 cm³/mol. The van der Waals surface area contributed by atoms with Crippen molar-refractivity contribution in [2.24, 2.45) is 0 Å². The number of amides is 1. The van der Waals surface area contributed by atoms with Crippen molar-refractivity contribution in [1.82, 2.24) is 15.0 Å². The molecule has 1 heterocycles. The molecule has 5 nitrogen and oxygen atoms in total. The van der Waals surface area contributed by atoms with E-state index in [1.54, 1.807) is 12.1 Å². The zero-order valence-corrected chi connectivity index (χ0v) is 13.4. The second-order valence-corrected chi connectivity index (χ2v) is 6.26. The van der Waals surface area contributed by atoms with E-state index in [1.165, 1.54) is 18.9 Å². The van der Waals surface area contributed by atoms with E-state index >= 15 is 0 Å².